The van der Waals surface area contributed by atoms with Gasteiger partial charge in [-0.1, -0.05) is 12.6 Å². The number of carboxylic acid groups (broad SMARTS) is 1. The normalized spacial score (nSPS) is 12.1. The topological polar surface area (TPSA) is 70.4 Å². The first-order chi connectivity index (χ1) is 6.54. The maximum atomic E-state index is 10.5. The minimum atomic E-state index is -1.21. The fourth-order valence-electron chi connectivity index (χ4n) is 1.09. The second-order valence-corrected chi connectivity index (χ2v) is 2.91. The predicted molar refractivity (Wildman–Crippen MR) is 50.7 cm³/mol. The molecule has 0 aliphatic carbocycles. The molecule has 14 heavy (non-hydrogen) atoms. The van der Waals surface area contributed by atoms with E-state index in [4.69, 9.17) is 5.11 Å². The molecule has 0 aliphatic heterocycles. The quantitative estimate of drug-likeness (QED) is 0.704. The number of hydrogen-bond acceptors (Lipinski definition) is 3. The van der Waals surface area contributed by atoms with E-state index in [1.54, 1.807) is 25.3 Å². The Morgan fingerprint density at radius 3 is 2.79 bits per heavy atom. The smallest absolute Gasteiger partial charge is 0.333 e. The van der Waals surface area contributed by atoms with Crippen LogP contribution in [-0.2, 0) is 4.79 Å². The number of carbonyl (C=O) groups is 1. The summed E-state index contributed by atoms with van der Waals surface area (Å²) >= 11 is 0. The van der Waals surface area contributed by atoms with Crippen molar-refractivity contribution in [3.8, 4) is 0 Å². The molecule has 0 bridgehead atoms. The number of rotatable bonds is 3. The van der Waals surface area contributed by atoms with E-state index in [0.29, 0.717) is 11.3 Å². The summed E-state index contributed by atoms with van der Waals surface area (Å²) in [6, 6.07) is 3.27. The van der Waals surface area contributed by atoms with Crippen molar-refractivity contribution in [2.24, 2.45) is 0 Å². The van der Waals surface area contributed by atoms with Crippen molar-refractivity contribution in [1.82, 2.24) is 4.98 Å². The van der Waals surface area contributed by atoms with Gasteiger partial charge in [-0.05, 0) is 13.0 Å². The molecule has 1 atom stereocenters. The summed E-state index contributed by atoms with van der Waals surface area (Å²) in [5.74, 6) is -1.21. The molecule has 1 rings (SSSR count). The van der Waals surface area contributed by atoms with Crippen molar-refractivity contribution in [2.45, 2.75) is 13.0 Å². The third-order valence-corrected chi connectivity index (χ3v) is 1.95. The van der Waals surface area contributed by atoms with Crippen LogP contribution in [0.4, 0.5) is 0 Å². The van der Waals surface area contributed by atoms with Gasteiger partial charge in [0, 0.05) is 17.5 Å². The lowest BCUT2D eigenvalue weighted by molar-refractivity contribution is -0.133. The summed E-state index contributed by atoms with van der Waals surface area (Å²) in [6.07, 6.45) is 0.385. The van der Waals surface area contributed by atoms with Gasteiger partial charge in [-0.3, -0.25) is 4.98 Å². The summed E-state index contributed by atoms with van der Waals surface area (Å²) in [5.41, 5.74) is 0.823. The standard InChI is InChI=1S/C10H11NO3/c1-6(10(13)14)9(12)8-4-3-5-11-7(8)2/h3-5,9,12H,1H2,2H3,(H,13,14). The van der Waals surface area contributed by atoms with Gasteiger partial charge in [-0.2, -0.15) is 0 Å². The number of hydrogen-bond donors (Lipinski definition) is 2. The zero-order valence-corrected chi connectivity index (χ0v) is 7.77. The predicted octanol–water partition coefficient (Wildman–Crippen LogP) is 1.06. The van der Waals surface area contributed by atoms with Crippen molar-refractivity contribution in [3.63, 3.8) is 0 Å². The molecule has 1 aromatic heterocycles. The fourth-order valence-corrected chi connectivity index (χ4v) is 1.09. The van der Waals surface area contributed by atoms with E-state index in [0.717, 1.165) is 0 Å². The molecule has 1 unspecified atom stereocenters. The highest BCUT2D eigenvalue weighted by Crippen LogP contribution is 2.21. The summed E-state index contributed by atoms with van der Waals surface area (Å²) in [7, 11) is 0. The number of aromatic nitrogens is 1. The minimum Gasteiger partial charge on any atom is -0.478 e. The van der Waals surface area contributed by atoms with E-state index >= 15 is 0 Å². The molecule has 0 saturated heterocycles. The number of carboxylic acids is 1. The molecule has 0 aromatic carbocycles. The fraction of sp³-hybridized carbons (Fsp3) is 0.200. The Morgan fingerprint density at radius 2 is 2.29 bits per heavy atom. The highest BCUT2D eigenvalue weighted by atomic mass is 16.4. The van der Waals surface area contributed by atoms with Gasteiger partial charge in [0.25, 0.3) is 0 Å². The molecule has 0 amide bonds. The Bertz CT molecular complexity index is 373. The summed E-state index contributed by atoms with van der Waals surface area (Å²) in [6.45, 7) is 5.00. The zero-order chi connectivity index (χ0) is 10.7. The van der Waals surface area contributed by atoms with Gasteiger partial charge in [0.05, 0.1) is 5.57 Å². The number of aryl methyl sites for hydroxylation is 1. The van der Waals surface area contributed by atoms with Crippen LogP contribution in [-0.4, -0.2) is 21.2 Å². The van der Waals surface area contributed by atoms with E-state index < -0.39 is 12.1 Å². The Morgan fingerprint density at radius 1 is 1.64 bits per heavy atom. The first-order valence-corrected chi connectivity index (χ1v) is 4.05. The lowest BCUT2D eigenvalue weighted by Crippen LogP contribution is -2.11. The van der Waals surface area contributed by atoms with E-state index in [-0.39, 0.29) is 5.57 Å². The lowest BCUT2D eigenvalue weighted by atomic mass is 10.0. The average Bonchev–Trinajstić information content (AvgIpc) is 2.16. The van der Waals surface area contributed by atoms with Gasteiger partial charge in [0.2, 0.25) is 0 Å². The molecule has 0 fully saturated rings. The first kappa shape index (κ1) is 10.4. The van der Waals surface area contributed by atoms with Crippen LogP contribution in [0.1, 0.15) is 17.4 Å². The van der Waals surface area contributed by atoms with Crippen LogP contribution < -0.4 is 0 Å². The first-order valence-electron chi connectivity index (χ1n) is 4.05. The van der Waals surface area contributed by atoms with Crippen LogP contribution >= 0.6 is 0 Å². The third-order valence-electron chi connectivity index (χ3n) is 1.95. The van der Waals surface area contributed by atoms with Gasteiger partial charge in [-0.15, -0.1) is 0 Å². The van der Waals surface area contributed by atoms with Gasteiger partial charge < -0.3 is 10.2 Å². The third kappa shape index (κ3) is 1.97. The molecule has 0 radical (unpaired) electrons. The molecule has 0 spiro atoms. The van der Waals surface area contributed by atoms with Gasteiger partial charge in [0.1, 0.15) is 6.10 Å². The lowest BCUT2D eigenvalue weighted by Gasteiger charge is -2.12. The van der Waals surface area contributed by atoms with Crippen molar-refractivity contribution in [3.05, 3.63) is 41.7 Å². The van der Waals surface area contributed by atoms with Crippen LogP contribution in [0, 0.1) is 6.92 Å². The minimum absolute atomic E-state index is 0.249. The van der Waals surface area contributed by atoms with E-state index in [1.807, 2.05) is 0 Å². The largest absolute Gasteiger partial charge is 0.478 e. The second kappa shape index (κ2) is 4.02. The van der Waals surface area contributed by atoms with Crippen LogP contribution in [0.2, 0.25) is 0 Å². The van der Waals surface area contributed by atoms with Gasteiger partial charge in [0.15, 0.2) is 0 Å². The second-order valence-electron chi connectivity index (χ2n) is 2.91. The molecule has 0 aliphatic rings. The van der Waals surface area contributed by atoms with Crippen molar-refractivity contribution < 1.29 is 15.0 Å². The van der Waals surface area contributed by atoms with Crippen LogP contribution in [0.25, 0.3) is 0 Å². The Labute approximate surface area is 81.5 Å². The molecule has 1 heterocycles. The number of aliphatic hydroxyl groups is 1. The molecule has 2 N–H and O–H groups in total. The zero-order valence-electron chi connectivity index (χ0n) is 7.77. The summed E-state index contributed by atoms with van der Waals surface area (Å²) in [4.78, 5) is 14.5. The Hall–Kier alpha value is -1.68. The average molecular weight is 193 g/mol. The molecule has 0 saturated carbocycles. The van der Waals surface area contributed by atoms with Gasteiger partial charge in [-0.25, -0.2) is 4.79 Å². The monoisotopic (exact) mass is 193 g/mol. The molecule has 74 valence electrons. The van der Waals surface area contributed by atoms with E-state index in [2.05, 4.69) is 11.6 Å². The number of aliphatic carboxylic acids is 1. The maximum absolute atomic E-state index is 10.5. The molecule has 4 nitrogen and oxygen atoms in total. The van der Waals surface area contributed by atoms with Crippen LogP contribution in [0.15, 0.2) is 30.5 Å². The highest BCUT2D eigenvalue weighted by molar-refractivity contribution is 5.87. The van der Waals surface area contributed by atoms with E-state index in [1.165, 1.54) is 0 Å². The Kier molecular flexibility index (Phi) is 2.99. The van der Waals surface area contributed by atoms with Crippen molar-refractivity contribution in [2.75, 3.05) is 0 Å². The number of aliphatic hydroxyl groups excluding tert-OH is 1. The number of pyridine rings is 1. The molecular weight excluding hydrogens is 182 g/mol. The van der Waals surface area contributed by atoms with Crippen molar-refractivity contribution in [1.29, 1.82) is 0 Å². The Balaban J connectivity index is 3.01. The molecule has 4 heteroatoms. The SMILES string of the molecule is C=C(C(=O)O)C(O)c1cccnc1C. The van der Waals surface area contributed by atoms with Crippen LogP contribution in [0.5, 0.6) is 0 Å². The highest BCUT2D eigenvalue weighted by Gasteiger charge is 2.19. The molecular formula is C10H11NO3. The summed E-state index contributed by atoms with van der Waals surface area (Å²) < 4.78 is 0. The summed E-state index contributed by atoms with van der Waals surface area (Å²) in [5, 5.41) is 18.2. The van der Waals surface area contributed by atoms with Gasteiger partial charge >= 0.3 is 5.97 Å². The maximum Gasteiger partial charge on any atom is 0.333 e. The van der Waals surface area contributed by atoms with E-state index in [9.17, 15) is 9.90 Å². The van der Waals surface area contributed by atoms with Crippen LogP contribution in [0.3, 0.4) is 0 Å². The number of nitrogens with zero attached hydrogens (tertiary/aromatic N) is 1. The van der Waals surface area contributed by atoms with Crippen molar-refractivity contribution >= 4 is 5.97 Å². The molecule has 1 aromatic rings.